The lowest BCUT2D eigenvalue weighted by atomic mass is 9.75. The highest BCUT2D eigenvalue weighted by Crippen LogP contribution is 2.44. The topological polar surface area (TPSA) is 66.4 Å². The molecule has 5 rings (SSSR count). The van der Waals surface area contributed by atoms with Gasteiger partial charge in [0.15, 0.2) is 5.78 Å². The van der Waals surface area contributed by atoms with Crippen LogP contribution in [0.15, 0.2) is 72.0 Å². The van der Waals surface area contributed by atoms with Gasteiger partial charge < -0.3 is 10.6 Å². The Bertz CT molecular complexity index is 1090. The number of aliphatic imine (C=N–C) groups is 1. The lowest BCUT2D eigenvalue weighted by molar-refractivity contribution is 0.1000. The van der Waals surface area contributed by atoms with E-state index in [9.17, 15) is 4.79 Å². The number of ketones is 1. The summed E-state index contributed by atoms with van der Waals surface area (Å²) in [6, 6.07) is 18.6. The number of aromatic nitrogens is 1. The van der Waals surface area contributed by atoms with Crippen LogP contribution >= 0.6 is 0 Å². The molecular formula is C24H22N4O. The highest BCUT2D eigenvalue weighted by atomic mass is 16.1. The smallest absolute Gasteiger partial charge is 0.184 e. The summed E-state index contributed by atoms with van der Waals surface area (Å²) in [7, 11) is 1.95. The largest absolute Gasteiger partial charge is 0.377 e. The van der Waals surface area contributed by atoms with Crippen molar-refractivity contribution >= 4 is 17.2 Å². The molecule has 2 atom stereocenters. The number of hydrogen-bond donors (Lipinski definition) is 2. The molecule has 3 heterocycles. The van der Waals surface area contributed by atoms with Gasteiger partial charge in [0.1, 0.15) is 6.54 Å². The van der Waals surface area contributed by atoms with Crippen molar-refractivity contribution in [3.05, 3.63) is 94.8 Å². The van der Waals surface area contributed by atoms with Crippen molar-refractivity contribution in [3.63, 3.8) is 0 Å². The van der Waals surface area contributed by atoms with Crippen LogP contribution in [0.2, 0.25) is 0 Å². The number of nitrogens with one attached hydrogen (secondary N) is 2. The van der Waals surface area contributed by atoms with E-state index in [1.165, 1.54) is 11.1 Å². The molecule has 1 aromatic heterocycles. The molecule has 2 aliphatic heterocycles. The van der Waals surface area contributed by atoms with Crippen LogP contribution in [-0.2, 0) is 6.54 Å². The van der Waals surface area contributed by atoms with Crippen LogP contribution in [0.4, 0.5) is 5.69 Å². The third kappa shape index (κ3) is 3.04. The Morgan fingerprint density at radius 2 is 1.93 bits per heavy atom. The van der Waals surface area contributed by atoms with Crippen LogP contribution in [-0.4, -0.2) is 30.1 Å². The van der Waals surface area contributed by atoms with Crippen LogP contribution in [0.1, 0.15) is 44.6 Å². The Morgan fingerprint density at radius 1 is 1.07 bits per heavy atom. The number of carbonyl (C=O) groups excluding carboxylic acids is 1. The molecule has 3 aromatic rings. The first-order valence-corrected chi connectivity index (χ1v) is 9.87. The Balaban J connectivity index is 1.67. The van der Waals surface area contributed by atoms with Crippen LogP contribution in [0.25, 0.3) is 0 Å². The molecule has 0 saturated heterocycles. The fourth-order valence-electron chi connectivity index (χ4n) is 4.40. The summed E-state index contributed by atoms with van der Waals surface area (Å²) in [5, 5.41) is 6.87. The minimum absolute atomic E-state index is 0.00425. The first kappa shape index (κ1) is 17.8. The minimum atomic E-state index is -0.00597. The zero-order valence-electron chi connectivity index (χ0n) is 16.2. The molecule has 2 N–H and O–H groups in total. The number of benzene rings is 2. The molecule has 29 heavy (non-hydrogen) atoms. The summed E-state index contributed by atoms with van der Waals surface area (Å²) in [4.78, 5) is 21.6. The van der Waals surface area contributed by atoms with E-state index in [2.05, 4.69) is 45.9 Å². The van der Waals surface area contributed by atoms with Gasteiger partial charge in [0.2, 0.25) is 0 Å². The van der Waals surface area contributed by atoms with E-state index in [1.54, 1.807) is 6.20 Å². The second-order valence-electron chi connectivity index (χ2n) is 7.51. The number of rotatable bonds is 4. The van der Waals surface area contributed by atoms with Gasteiger partial charge in [0.05, 0.1) is 17.7 Å². The maximum Gasteiger partial charge on any atom is 0.184 e. The lowest BCUT2D eigenvalue weighted by Crippen LogP contribution is -2.36. The van der Waals surface area contributed by atoms with Gasteiger partial charge >= 0.3 is 0 Å². The molecule has 2 unspecified atom stereocenters. The zero-order chi connectivity index (χ0) is 19.8. The lowest BCUT2D eigenvalue weighted by Gasteiger charge is -2.38. The first-order chi connectivity index (χ1) is 14.3. The Morgan fingerprint density at radius 3 is 2.69 bits per heavy atom. The molecule has 0 spiro atoms. The van der Waals surface area contributed by atoms with Gasteiger partial charge in [0, 0.05) is 35.8 Å². The predicted molar refractivity (Wildman–Crippen MR) is 115 cm³/mol. The summed E-state index contributed by atoms with van der Waals surface area (Å²) in [5.41, 5.74) is 7.19. The fourth-order valence-corrected chi connectivity index (χ4v) is 4.40. The van der Waals surface area contributed by atoms with Crippen molar-refractivity contribution in [3.8, 4) is 0 Å². The van der Waals surface area contributed by atoms with E-state index < -0.39 is 0 Å². The van der Waals surface area contributed by atoms with Gasteiger partial charge in [-0.2, -0.15) is 0 Å². The van der Waals surface area contributed by atoms with Crippen molar-refractivity contribution in [2.24, 2.45) is 4.99 Å². The van der Waals surface area contributed by atoms with Crippen LogP contribution < -0.4 is 10.6 Å². The molecule has 2 aromatic carbocycles. The standard InChI is InChI=1S/C24H22N4O/c1-25-12-15-7-9-16(10-8-15)21-23(17-4-3-11-26-13-17)28-19-6-2-5-18-20(29)14-27-24(21)22(18)19/h2-11,13,21,23,25,28H,12,14H2,1H3. The molecule has 0 radical (unpaired) electrons. The number of anilines is 1. The Kier molecular flexibility index (Phi) is 4.45. The van der Waals surface area contributed by atoms with Crippen LogP contribution in [0.5, 0.6) is 0 Å². The molecule has 5 nitrogen and oxygen atoms in total. The third-order valence-electron chi connectivity index (χ3n) is 5.72. The van der Waals surface area contributed by atoms with E-state index in [4.69, 9.17) is 4.99 Å². The third-order valence-corrected chi connectivity index (χ3v) is 5.72. The van der Waals surface area contributed by atoms with Gasteiger partial charge in [-0.3, -0.25) is 14.8 Å². The SMILES string of the molecule is CNCc1ccc(C2C3=NCC(=O)c4cccc(c43)NC2c2cccnc2)cc1. The van der Waals surface area contributed by atoms with E-state index >= 15 is 0 Å². The second-order valence-corrected chi connectivity index (χ2v) is 7.51. The number of carbonyl (C=O) groups is 1. The molecule has 5 heteroatoms. The van der Waals surface area contributed by atoms with Gasteiger partial charge in [-0.15, -0.1) is 0 Å². The van der Waals surface area contributed by atoms with Crippen molar-refractivity contribution < 1.29 is 4.79 Å². The van der Waals surface area contributed by atoms with E-state index in [1.807, 2.05) is 37.5 Å². The maximum atomic E-state index is 12.5. The van der Waals surface area contributed by atoms with Gasteiger partial charge in [-0.25, -0.2) is 0 Å². The molecule has 0 aliphatic carbocycles. The number of nitrogens with zero attached hydrogens (tertiary/aromatic N) is 2. The molecule has 0 saturated carbocycles. The average molecular weight is 382 g/mol. The van der Waals surface area contributed by atoms with Crippen LogP contribution in [0, 0.1) is 0 Å². The highest BCUT2D eigenvalue weighted by Gasteiger charge is 2.39. The molecule has 0 fully saturated rings. The van der Waals surface area contributed by atoms with Crippen molar-refractivity contribution in [2.75, 3.05) is 18.9 Å². The van der Waals surface area contributed by atoms with E-state index in [-0.39, 0.29) is 24.3 Å². The van der Waals surface area contributed by atoms with Gasteiger partial charge in [0.25, 0.3) is 0 Å². The van der Waals surface area contributed by atoms with E-state index in [0.717, 1.165) is 34.6 Å². The highest BCUT2D eigenvalue weighted by molar-refractivity contribution is 6.21. The number of Topliss-reactive ketones (excluding diaryl/α,β-unsaturated/α-hetero) is 1. The molecule has 144 valence electrons. The Labute approximate surface area is 169 Å². The minimum Gasteiger partial charge on any atom is -0.377 e. The van der Waals surface area contributed by atoms with E-state index in [0.29, 0.717) is 0 Å². The maximum absolute atomic E-state index is 12.5. The van der Waals surface area contributed by atoms with Gasteiger partial charge in [-0.05, 0) is 35.9 Å². The summed E-state index contributed by atoms with van der Waals surface area (Å²) < 4.78 is 0. The first-order valence-electron chi connectivity index (χ1n) is 9.87. The molecular weight excluding hydrogens is 360 g/mol. The van der Waals surface area contributed by atoms with Crippen LogP contribution in [0.3, 0.4) is 0 Å². The molecule has 2 aliphatic rings. The zero-order valence-corrected chi connectivity index (χ0v) is 16.2. The second kappa shape index (κ2) is 7.26. The fraction of sp³-hybridized carbons (Fsp3) is 0.208. The quantitative estimate of drug-likeness (QED) is 0.721. The molecule has 0 bridgehead atoms. The van der Waals surface area contributed by atoms with Crippen molar-refractivity contribution in [1.82, 2.24) is 10.3 Å². The normalized spacial score (nSPS) is 19.9. The van der Waals surface area contributed by atoms with Gasteiger partial charge in [-0.1, -0.05) is 42.5 Å². The van der Waals surface area contributed by atoms with Crippen molar-refractivity contribution in [2.45, 2.75) is 18.5 Å². The monoisotopic (exact) mass is 382 g/mol. The Hall–Kier alpha value is -3.31. The summed E-state index contributed by atoms with van der Waals surface area (Å²) in [5.74, 6) is 0.0833. The summed E-state index contributed by atoms with van der Waals surface area (Å²) in [6.07, 6.45) is 3.69. The predicted octanol–water partition coefficient (Wildman–Crippen LogP) is 3.74. The summed E-state index contributed by atoms with van der Waals surface area (Å²) >= 11 is 0. The number of hydrogen-bond acceptors (Lipinski definition) is 5. The summed E-state index contributed by atoms with van der Waals surface area (Å²) in [6.45, 7) is 1.04. The molecule has 0 amide bonds. The number of pyridine rings is 1. The average Bonchev–Trinajstić information content (AvgIpc) is 2.77. The van der Waals surface area contributed by atoms with Crippen molar-refractivity contribution in [1.29, 1.82) is 0 Å².